The number of halogens is 3. The molecule has 0 aliphatic carbocycles. The molecular weight excluding hydrogens is 303 g/mol. The van der Waals surface area contributed by atoms with Gasteiger partial charge >= 0.3 is 0 Å². The van der Waals surface area contributed by atoms with Gasteiger partial charge in [0, 0.05) is 43.3 Å². The number of alkyl halides is 3. The smallest absolute Gasteiger partial charge is 0.271 e. The molecule has 0 bridgehead atoms. The van der Waals surface area contributed by atoms with Crippen LogP contribution in [-0.4, -0.2) is 52.7 Å². The van der Waals surface area contributed by atoms with Crippen molar-refractivity contribution in [1.29, 1.82) is 0 Å². The first-order valence-electron chi connectivity index (χ1n) is 5.67. The van der Waals surface area contributed by atoms with Crippen molar-refractivity contribution < 1.29 is 4.57 Å². The van der Waals surface area contributed by atoms with Crippen LogP contribution in [0.25, 0.3) is 0 Å². The minimum atomic E-state index is -2.90. The molecule has 17 heavy (non-hydrogen) atoms. The third-order valence-electron chi connectivity index (χ3n) is 2.64. The van der Waals surface area contributed by atoms with Crippen molar-refractivity contribution in [1.82, 2.24) is 9.34 Å². The zero-order valence-corrected chi connectivity index (χ0v) is 12.9. The molecule has 0 aromatic carbocycles. The van der Waals surface area contributed by atoms with E-state index in [1.165, 1.54) is 0 Å². The molecule has 0 aromatic heterocycles. The molecule has 1 heterocycles. The monoisotopic (exact) mass is 321 g/mol. The summed E-state index contributed by atoms with van der Waals surface area (Å²) in [6, 6.07) is 0. The van der Waals surface area contributed by atoms with Gasteiger partial charge in [-0.15, -0.1) is 34.8 Å². The summed E-state index contributed by atoms with van der Waals surface area (Å²) < 4.78 is 15.9. The first-order valence-corrected chi connectivity index (χ1v) is 8.86. The fourth-order valence-electron chi connectivity index (χ4n) is 1.58. The SMILES string of the molecule is NP(=O)(N1CC1)N(CCCl)CC(Cl)CCCCl. The third kappa shape index (κ3) is 5.23. The summed E-state index contributed by atoms with van der Waals surface area (Å²) in [6.45, 7) is 2.58. The molecule has 0 aromatic rings. The van der Waals surface area contributed by atoms with Gasteiger partial charge in [0.2, 0.25) is 0 Å². The largest absolute Gasteiger partial charge is 0.281 e. The molecule has 4 nitrogen and oxygen atoms in total. The Morgan fingerprint density at radius 3 is 2.47 bits per heavy atom. The Morgan fingerprint density at radius 1 is 1.35 bits per heavy atom. The zero-order valence-electron chi connectivity index (χ0n) is 9.70. The van der Waals surface area contributed by atoms with Gasteiger partial charge in [0.25, 0.3) is 7.59 Å². The zero-order chi connectivity index (χ0) is 12.9. The summed E-state index contributed by atoms with van der Waals surface area (Å²) in [5, 5.41) is -0.0891. The van der Waals surface area contributed by atoms with Gasteiger partial charge in [-0.2, -0.15) is 0 Å². The molecule has 0 spiro atoms. The fourth-order valence-corrected chi connectivity index (χ4v) is 4.31. The van der Waals surface area contributed by atoms with Crippen LogP contribution in [0.5, 0.6) is 0 Å². The van der Waals surface area contributed by atoms with E-state index in [1.807, 2.05) is 0 Å². The van der Waals surface area contributed by atoms with Crippen molar-refractivity contribution in [2.24, 2.45) is 5.50 Å². The maximum atomic E-state index is 12.4. The molecule has 1 saturated heterocycles. The lowest BCUT2D eigenvalue weighted by molar-refractivity contribution is 0.396. The second-order valence-corrected chi connectivity index (χ2v) is 7.76. The van der Waals surface area contributed by atoms with E-state index in [1.54, 1.807) is 9.34 Å². The molecule has 2 unspecified atom stereocenters. The number of hydrogen-bond acceptors (Lipinski definition) is 1. The van der Waals surface area contributed by atoms with Crippen LogP contribution < -0.4 is 5.50 Å². The van der Waals surface area contributed by atoms with Gasteiger partial charge in [-0.1, -0.05) is 0 Å². The molecule has 1 rings (SSSR count). The van der Waals surface area contributed by atoms with Gasteiger partial charge in [-0.3, -0.25) is 10.1 Å². The lowest BCUT2D eigenvalue weighted by Crippen LogP contribution is -2.34. The molecule has 102 valence electrons. The quantitative estimate of drug-likeness (QED) is 0.403. The second-order valence-electron chi connectivity index (χ2n) is 4.07. The highest BCUT2D eigenvalue weighted by atomic mass is 35.5. The van der Waals surface area contributed by atoms with Crippen LogP contribution in [0.15, 0.2) is 0 Å². The van der Waals surface area contributed by atoms with Crippen LogP contribution in [-0.2, 0) is 4.57 Å². The molecular formula is C9H19Cl3N3OP. The van der Waals surface area contributed by atoms with Crippen LogP contribution in [0.3, 0.4) is 0 Å². The molecule has 1 aliphatic rings. The van der Waals surface area contributed by atoms with Gasteiger partial charge < -0.3 is 0 Å². The molecule has 0 saturated carbocycles. The molecule has 0 amide bonds. The topological polar surface area (TPSA) is 49.3 Å². The van der Waals surface area contributed by atoms with Crippen molar-refractivity contribution in [3.8, 4) is 0 Å². The Hall–Kier alpha value is 0.980. The van der Waals surface area contributed by atoms with Crippen molar-refractivity contribution in [2.75, 3.05) is 37.9 Å². The van der Waals surface area contributed by atoms with Crippen molar-refractivity contribution in [2.45, 2.75) is 18.2 Å². The Kier molecular flexibility index (Phi) is 7.11. The third-order valence-corrected chi connectivity index (χ3v) is 5.81. The standard InChI is InChI=1S/C9H19Cl3N3OP/c10-3-1-2-9(12)8-15(5-4-11)17(13,16)14-6-7-14/h9H,1-8H2,(H2,13,16). The first kappa shape index (κ1) is 16.0. The summed E-state index contributed by atoms with van der Waals surface area (Å²) in [7, 11) is -2.90. The normalized spacial score (nSPS) is 21.5. The predicted octanol–water partition coefficient (Wildman–Crippen LogP) is 2.54. The van der Waals surface area contributed by atoms with Gasteiger partial charge in [0.15, 0.2) is 0 Å². The summed E-state index contributed by atoms with van der Waals surface area (Å²) in [4.78, 5) is 0. The van der Waals surface area contributed by atoms with E-state index in [2.05, 4.69) is 0 Å². The molecule has 2 atom stereocenters. The highest BCUT2D eigenvalue weighted by Crippen LogP contribution is 2.49. The fraction of sp³-hybridized carbons (Fsp3) is 1.00. The van der Waals surface area contributed by atoms with Crippen LogP contribution in [0.1, 0.15) is 12.8 Å². The van der Waals surface area contributed by atoms with Crippen LogP contribution in [0.2, 0.25) is 0 Å². The van der Waals surface area contributed by atoms with Crippen molar-refractivity contribution >= 4 is 42.4 Å². The van der Waals surface area contributed by atoms with Gasteiger partial charge in [-0.05, 0) is 12.8 Å². The van der Waals surface area contributed by atoms with Crippen LogP contribution in [0, 0.1) is 0 Å². The van der Waals surface area contributed by atoms with E-state index in [0.29, 0.717) is 24.8 Å². The molecule has 2 N–H and O–H groups in total. The Balaban J connectivity index is 2.50. The van der Waals surface area contributed by atoms with Gasteiger partial charge in [0.1, 0.15) is 0 Å². The van der Waals surface area contributed by atoms with Gasteiger partial charge in [-0.25, -0.2) is 9.34 Å². The highest BCUT2D eigenvalue weighted by Gasteiger charge is 2.40. The minimum absolute atomic E-state index is 0.0891. The molecule has 0 radical (unpaired) electrons. The Labute approximate surface area is 118 Å². The average molecular weight is 323 g/mol. The lowest BCUT2D eigenvalue weighted by Gasteiger charge is -2.30. The van der Waals surface area contributed by atoms with E-state index in [-0.39, 0.29) is 5.38 Å². The molecule has 1 aliphatic heterocycles. The molecule has 8 heteroatoms. The Morgan fingerprint density at radius 2 is 2.00 bits per heavy atom. The summed E-state index contributed by atoms with van der Waals surface area (Å²) in [5.41, 5.74) is 5.89. The van der Waals surface area contributed by atoms with E-state index in [4.69, 9.17) is 40.3 Å². The number of rotatable bonds is 9. The van der Waals surface area contributed by atoms with E-state index in [9.17, 15) is 4.57 Å². The summed E-state index contributed by atoms with van der Waals surface area (Å²) >= 11 is 17.5. The van der Waals surface area contributed by atoms with E-state index >= 15 is 0 Å². The van der Waals surface area contributed by atoms with Gasteiger partial charge in [0.05, 0.1) is 0 Å². The van der Waals surface area contributed by atoms with E-state index in [0.717, 1.165) is 25.9 Å². The summed E-state index contributed by atoms with van der Waals surface area (Å²) in [5.74, 6) is 0.985. The maximum absolute atomic E-state index is 12.4. The minimum Gasteiger partial charge on any atom is -0.271 e. The number of hydrogen-bond donors (Lipinski definition) is 1. The van der Waals surface area contributed by atoms with Crippen LogP contribution in [0.4, 0.5) is 0 Å². The van der Waals surface area contributed by atoms with Crippen molar-refractivity contribution in [3.05, 3.63) is 0 Å². The summed E-state index contributed by atoms with van der Waals surface area (Å²) in [6.07, 6.45) is 1.65. The highest BCUT2D eigenvalue weighted by molar-refractivity contribution is 7.56. The lowest BCUT2D eigenvalue weighted by atomic mass is 10.2. The molecule has 1 fully saturated rings. The number of nitrogens with zero attached hydrogens (tertiary/aromatic N) is 2. The first-order chi connectivity index (χ1) is 8.02. The average Bonchev–Trinajstić information content (AvgIpc) is 3.09. The van der Waals surface area contributed by atoms with E-state index < -0.39 is 7.59 Å². The predicted molar refractivity (Wildman–Crippen MR) is 75.3 cm³/mol. The van der Waals surface area contributed by atoms with Crippen LogP contribution >= 0.6 is 42.4 Å². The second kappa shape index (κ2) is 7.54. The Bertz CT molecular complexity index is 278. The maximum Gasteiger partial charge on any atom is 0.281 e. The van der Waals surface area contributed by atoms with Crippen molar-refractivity contribution in [3.63, 3.8) is 0 Å². The number of nitrogens with two attached hydrogens (primary N) is 1.